The van der Waals surface area contributed by atoms with Crippen LogP contribution in [0, 0.1) is 6.92 Å². The maximum absolute atomic E-state index is 12.1. The second-order valence-electron chi connectivity index (χ2n) is 6.18. The van der Waals surface area contributed by atoms with Gasteiger partial charge in [-0.25, -0.2) is 0 Å². The van der Waals surface area contributed by atoms with E-state index in [0.717, 1.165) is 24.2 Å². The molecule has 2 aromatic rings. The molecule has 0 unspecified atom stereocenters. The largest absolute Gasteiger partial charge is 0.494 e. The Morgan fingerprint density at radius 1 is 1.20 bits per heavy atom. The number of carbonyl (C=O) groups is 2. The van der Waals surface area contributed by atoms with E-state index in [4.69, 9.17) is 4.74 Å². The van der Waals surface area contributed by atoms with Gasteiger partial charge >= 0.3 is 0 Å². The SMILES string of the molecule is Cc1cccc(OCCCC(=O)NNC(=O)c2cc3c(s2)CCC3)c1. The summed E-state index contributed by atoms with van der Waals surface area (Å²) < 4.78 is 5.60. The maximum atomic E-state index is 12.1. The van der Waals surface area contributed by atoms with Crippen LogP contribution in [0.3, 0.4) is 0 Å². The highest BCUT2D eigenvalue weighted by Gasteiger charge is 2.18. The number of rotatable bonds is 6. The van der Waals surface area contributed by atoms with Gasteiger partial charge in [0.1, 0.15) is 5.75 Å². The Labute approximate surface area is 151 Å². The van der Waals surface area contributed by atoms with Crippen molar-refractivity contribution < 1.29 is 14.3 Å². The number of amides is 2. The number of benzene rings is 1. The molecule has 0 spiro atoms. The lowest BCUT2D eigenvalue weighted by Crippen LogP contribution is -2.41. The minimum absolute atomic E-state index is 0.217. The van der Waals surface area contributed by atoms with Gasteiger partial charge in [-0.15, -0.1) is 11.3 Å². The molecule has 1 aromatic heterocycles. The monoisotopic (exact) mass is 358 g/mol. The zero-order valence-corrected chi connectivity index (χ0v) is 15.1. The molecule has 0 fully saturated rings. The van der Waals surface area contributed by atoms with Crippen LogP contribution < -0.4 is 15.6 Å². The van der Waals surface area contributed by atoms with Crippen molar-refractivity contribution in [2.24, 2.45) is 0 Å². The number of nitrogens with one attached hydrogen (secondary N) is 2. The molecule has 132 valence electrons. The van der Waals surface area contributed by atoms with Crippen LogP contribution in [0.25, 0.3) is 0 Å². The Balaban J connectivity index is 1.34. The second-order valence-corrected chi connectivity index (χ2v) is 7.32. The molecule has 0 bridgehead atoms. The molecule has 0 saturated carbocycles. The smallest absolute Gasteiger partial charge is 0.279 e. The van der Waals surface area contributed by atoms with Gasteiger partial charge in [0.15, 0.2) is 0 Å². The van der Waals surface area contributed by atoms with Gasteiger partial charge in [-0.2, -0.15) is 0 Å². The first kappa shape index (κ1) is 17.5. The minimum atomic E-state index is -0.247. The van der Waals surface area contributed by atoms with Crippen LogP contribution in [0.2, 0.25) is 0 Å². The molecule has 1 aliphatic rings. The minimum Gasteiger partial charge on any atom is -0.494 e. The Kier molecular flexibility index (Phi) is 5.71. The van der Waals surface area contributed by atoms with E-state index in [2.05, 4.69) is 10.9 Å². The van der Waals surface area contributed by atoms with E-state index in [1.165, 1.54) is 28.2 Å². The fourth-order valence-electron chi connectivity index (χ4n) is 2.82. The topological polar surface area (TPSA) is 67.4 Å². The molecule has 1 aliphatic carbocycles. The maximum Gasteiger partial charge on any atom is 0.279 e. The van der Waals surface area contributed by atoms with Gasteiger partial charge in [-0.3, -0.25) is 20.4 Å². The quantitative estimate of drug-likeness (QED) is 0.616. The van der Waals surface area contributed by atoms with E-state index in [1.807, 2.05) is 37.3 Å². The van der Waals surface area contributed by atoms with Crippen molar-refractivity contribution in [1.29, 1.82) is 0 Å². The van der Waals surface area contributed by atoms with Crippen LogP contribution in [0.1, 0.15) is 44.9 Å². The molecule has 3 rings (SSSR count). The highest BCUT2D eigenvalue weighted by Crippen LogP contribution is 2.30. The Morgan fingerprint density at radius 3 is 2.88 bits per heavy atom. The van der Waals surface area contributed by atoms with Crippen molar-refractivity contribution in [2.75, 3.05) is 6.61 Å². The summed E-state index contributed by atoms with van der Waals surface area (Å²) in [6.07, 6.45) is 4.16. The van der Waals surface area contributed by atoms with Crippen molar-refractivity contribution in [2.45, 2.75) is 39.0 Å². The Morgan fingerprint density at radius 2 is 2.08 bits per heavy atom. The summed E-state index contributed by atoms with van der Waals surface area (Å²) in [5.74, 6) is 0.341. The molecule has 2 N–H and O–H groups in total. The number of hydrogen-bond acceptors (Lipinski definition) is 4. The van der Waals surface area contributed by atoms with Crippen LogP contribution in [-0.4, -0.2) is 18.4 Å². The van der Waals surface area contributed by atoms with Crippen LogP contribution in [-0.2, 0) is 17.6 Å². The number of hydrogen-bond donors (Lipinski definition) is 2. The van der Waals surface area contributed by atoms with E-state index in [0.29, 0.717) is 24.3 Å². The van der Waals surface area contributed by atoms with Gasteiger partial charge in [0.25, 0.3) is 5.91 Å². The summed E-state index contributed by atoms with van der Waals surface area (Å²) in [6, 6.07) is 9.73. The molecule has 0 saturated heterocycles. The highest BCUT2D eigenvalue weighted by molar-refractivity contribution is 7.14. The third-order valence-electron chi connectivity index (χ3n) is 4.09. The standard InChI is InChI=1S/C19H22N2O3S/c1-13-5-2-7-15(11-13)24-10-4-9-18(22)20-21-19(23)17-12-14-6-3-8-16(14)25-17/h2,5,7,11-12H,3-4,6,8-10H2,1H3,(H,20,22)(H,21,23). The predicted octanol–water partition coefficient (Wildman–Crippen LogP) is 3.17. The molecular formula is C19H22N2O3S. The van der Waals surface area contributed by atoms with Gasteiger partial charge in [0.2, 0.25) is 5.91 Å². The zero-order chi connectivity index (χ0) is 17.6. The molecule has 2 amide bonds. The summed E-state index contributed by atoms with van der Waals surface area (Å²) in [5.41, 5.74) is 7.36. The first-order valence-electron chi connectivity index (χ1n) is 8.52. The van der Waals surface area contributed by atoms with Crippen LogP contribution in [0.5, 0.6) is 5.75 Å². The van der Waals surface area contributed by atoms with Gasteiger partial charge in [0, 0.05) is 11.3 Å². The van der Waals surface area contributed by atoms with E-state index in [9.17, 15) is 9.59 Å². The molecule has 1 heterocycles. The summed E-state index contributed by atoms with van der Waals surface area (Å²) in [5, 5.41) is 0. The third-order valence-corrected chi connectivity index (χ3v) is 5.33. The Hall–Kier alpha value is -2.34. The lowest BCUT2D eigenvalue weighted by Gasteiger charge is -2.08. The highest BCUT2D eigenvalue weighted by atomic mass is 32.1. The summed E-state index contributed by atoms with van der Waals surface area (Å²) >= 11 is 1.52. The van der Waals surface area contributed by atoms with Crippen molar-refractivity contribution in [3.05, 3.63) is 51.2 Å². The average Bonchev–Trinajstić information content (AvgIpc) is 3.18. The van der Waals surface area contributed by atoms with Crippen molar-refractivity contribution in [1.82, 2.24) is 10.9 Å². The van der Waals surface area contributed by atoms with Gasteiger partial charge in [-0.05, 0) is 61.9 Å². The number of thiophene rings is 1. The van der Waals surface area contributed by atoms with Crippen molar-refractivity contribution in [3.8, 4) is 5.75 Å². The average molecular weight is 358 g/mol. The number of fused-ring (bicyclic) bond motifs is 1. The molecule has 5 nitrogen and oxygen atoms in total. The molecule has 0 atom stereocenters. The molecule has 25 heavy (non-hydrogen) atoms. The summed E-state index contributed by atoms with van der Waals surface area (Å²) in [6.45, 7) is 2.47. The normalized spacial score (nSPS) is 12.5. The van der Waals surface area contributed by atoms with Gasteiger partial charge in [0.05, 0.1) is 11.5 Å². The van der Waals surface area contributed by atoms with Crippen LogP contribution in [0.15, 0.2) is 30.3 Å². The zero-order valence-electron chi connectivity index (χ0n) is 14.3. The molecular weight excluding hydrogens is 336 g/mol. The first-order valence-corrected chi connectivity index (χ1v) is 9.34. The molecule has 0 radical (unpaired) electrons. The predicted molar refractivity (Wildman–Crippen MR) is 97.9 cm³/mol. The summed E-state index contributed by atoms with van der Waals surface area (Å²) in [4.78, 5) is 25.8. The molecule has 1 aromatic carbocycles. The molecule has 6 heteroatoms. The van der Waals surface area contributed by atoms with Crippen molar-refractivity contribution in [3.63, 3.8) is 0 Å². The fourth-order valence-corrected chi connectivity index (χ4v) is 3.97. The number of ether oxygens (including phenoxy) is 1. The Bertz CT molecular complexity index is 748. The van der Waals surface area contributed by atoms with E-state index in [1.54, 1.807) is 0 Å². The number of aryl methyl sites for hydroxylation is 3. The van der Waals surface area contributed by atoms with Gasteiger partial charge < -0.3 is 4.74 Å². The van der Waals surface area contributed by atoms with E-state index < -0.39 is 0 Å². The fraction of sp³-hybridized carbons (Fsp3) is 0.368. The number of carbonyl (C=O) groups excluding carboxylic acids is 2. The third kappa shape index (κ3) is 4.82. The summed E-state index contributed by atoms with van der Waals surface area (Å²) in [7, 11) is 0. The van der Waals surface area contributed by atoms with Crippen molar-refractivity contribution >= 4 is 23.2 Å². The van der Waals surface area contributed by atoms with Crippen LogP contribution in [0.4, 0.5) is 0 Å². The van der Waals surface area contributed by atoms with E-state index >= 15 is 0 Å². The van der Waals surface area contributed by atoms with Crippen LogP contribution >= 0.6 is 11.3 Å². The lowest BCUT2D eigenvalue weighted by atomic mass is 10.2. The number of hydrazine groups is 1. The molecule has 0 aliphatic heterocycles. The lowest BCUT2D eigenvalue weighted by molar-refractivity contribution is -0.122. The van der Waals surface area contributed by atoms with Gasteiger partial charge in [-0.1, -0.05) is 12.1 Å². The van der Waals surface area contributed by atoms with E-state index in [-0.39, 0.29) is 11.8 Å². The first-order chi connectivity index (χ1) is 12.1. The second kappa shape index (κ2) is 8.16.